The van der Waals surface area contributed by atoms with E-state index in [0.717, 1.165) is 0 Å². The van der Waals surface area contributed by atoms with E-state index in [1.54, 1.807) is 31.2 Å². The topological polar surface area (TPSA) is 72.5 Å². The van der Waals surface area contributed by atoms with Gasteiger partial charge in [-0.3, -0.25) is 9.59 Å². The van der Waals surface area contributed by atoms with Crippen LogP contribution in [-0.2, 0) is 9.53 Å². The van der Waals surface area contributed by atoms with Crippen molar-refractivity contribution in [2.45, 2.75) is 19.8 Å². The van der Waals surface area contributed by atoms with Crippen LogP contribution in [0.2, 0.25) is 0 Å². The first-order valence-corrected chi connectivity index (χ1v) is 7.85. The molecule has 2 rings (SSSR count). The van der Waals surface area contributed by atoms with Crippen LogP contribution in [-0.4, -0.2) is 24.3 Å². The van der Waals surface area contributed by atoms with Crippen molar-refractivity contribution in [3.05, 3.63) is 65.5 Å². The molecule has 0 atom stereocenters. The molecule has 2 aromatic carbocycles. The van der Waals surface area contributed by atoms with E-state index in [-0.39, 0.29) is 24.5 Å². The molecule has 0 bridgehead atoms. The van der Waals surface area contributed by atoms with Crippen LogP contribution >= 0.6 is 0 Å². The molecule has 0 saturated carbocycles. The third-order valence-corrected chi connectivity index (χ3v) is 3.43. The first-order chi connectivity index (χ1) is 12.0. The van der Waals surface area contributed by atoms with E-state index in [1.165, 1.54) is 24.3 Å². The number of halogens is 1. The predicted molar refractivity (Wildman–Crippen MR) is 91.0 cm³/mol. The van der Waals surface area contributed by atoms with Gasteiger partial charge in [0.05, 0.1) is 12.2 Å². The van der Waals surface area contributed by atoms with E-state index in [1.807, 2.05) is 0 Å². The molecule has 0 spiro atoms. The summed E-state index contributed by atoms with van der Waals surface area (Å²) >= 11 is 0. The van der Waals surface area contributed by atoms with E-state index in [9.17, 15) is 18.8 Å². The van der Waals surface area contributed by atoms with E-state index in [0.29, 0.717) is 23.4 Å². The first kappa shape index (κ1) is 18.3. The molecule has 0 aliphatic heterocycles. The van der Waals surface area contributed by atoms with Gasteiger partial charge in [0.1, 0.15) is 5.82 Å². The molecule has 25 heavy (non-hydrogen) atoms. The maximum absolute atomic E-state index is 12.8. The Kier molecular flexibility index (Phi) is 6.39. The zero-order chi connectivity index (χ0) is 18.2. The molecule has 1 N–H and O–H groups in total. The van der Waals surface area contributed by atoms with Gasteiger partial charge in [-0.1, -0.05) is 0 Å². The van der Waals surface area contributed by atoms with Gasteiger partial charge in [-0.05, 0) is 55.5 Å². The first-order valence-electron chi connectivity index (χ1n) is 7.85. The van der Waals surface area contributed by atoms with Crippen LogP contribution < -0.4 is 5.32 Å². The summed E-state index contributed by atoms with van der Waals surface area (Å²) in [4.78, 5) is 35.4. The maximum atomic E-state index is 12.8. The second-order valence-corrected chi connectivity index (χ2v) is 5.28. The lowest BCUT2D eigenvalue weighted by atomic mass is 10.1. The highest BCUT2D eigenvalue weighted by atomic mass is 19.1. The summed E-state index contributed by atoms with van der Waals surface area (Å²) in [6.45, 7) is 2.01. The fourth-order valence-electron chi connectivity index (χ4n) is 2.13. The molecular weight excluding hydrogens is 325 g/mol. The van der Waals surface area contributed by atoms with E-state index in [2.05, 4.69) is 5.32 Å². The molecule has 0 saturated heterocycles. The quantitative estimate of drug-likeness (QED) is 0.616. The number of ether oxygens (including phenoxy) is 1. The summed E-state index contributed by atoms with van der Waals surface area (Å²) in [6, 6.07) is 11.5. The molecule has 5 nitrogen and oxygen atoms in total. The Balaban J connectivity index is 1.84. The number of amides is 1. The number of anilines is 1. The monoisotopic (exact) mass is 343 g/mol. The third kappa shape index (κ3) is 5.53. The van der Waals surface area contributed by atoms with Gasteiger partial charge in [0.15, 0.2) is 5.78 Å². The molecule has 6 heteroatoms. The normalized spacial score (nSPS) is 10.2. The molecule has 0 heterocycles. The summed E-state index contributed by atoms with van der Waals surface area (Å²) in [5.41, 5.74) is 1.28. The molecule has 0 fully saturated rings. The van der Waals surface area contributed by atoms with Crippen molar-refractivity contribution >= 4 is 23.3 Å². The summed E-state index contributed by atoms with van der Waals surface area (Å²) in [5.74, 6) is -1.39. The van der Waals surface area contributed by atoms with Crippen LogP contribution in [0.4, 0.5) is 10.1 Å². The number of hydrogen-bond donors (Lipinski definition) is 1. The highest BCUT2D eigenvalue weighted by molar-refractivity contribution is 6.00. The van der Waals surface area contributed by atoms with Crippen molar-refractivity contribution in [1.29, 1.82) is 0 Å². The number of hydrogen-bond acceptors (Lipinski definition) is 4. The van der Waals surface area contributed by atoms with Crippen LogP contribution in [0.15, 0.2) is 48.5 Å². The number of carbonyl (C=O) groups excluding carboxylic acids is 3. The van der Waals surface area contributed by atoms with Gasteiger partial charge in [0.2, 0.25) is 5.91 Å². The number of nitrogens with one attached hydrogen (secondary N) is 1. The minimum atomic E-state index is -0.426. The fraction of sp³-hybridized carbons (Fsp3) is 0.211. The number of rotatable bonds is 7. The Morgan fingerprint density at radius 2 is 1.52 bits per heavy atom. The fourth-order valence-corrected chi connectivity index (χ4v) is 2.13. The Labute approximate surface area is 144 Å². The van der Waals surface area contributed by atoms with Gasteiger partial charge in [0.25, 0.3) is 0 Å². The second-order valence-electron chi connectivity index (χ2n) is 5.28. The smallest absolute Gasteiger partial charge is 0.338 e. The number of benzene rings is 2. The average Bonchev–Trinajstić information content (AvgIpc) is 2.61. The molecule has 1 amide bonds. The molecule has 0 radical (unpaired) electrons. The van der Waals surface area contributed by atoms with Crippen molar-refractivity contribution in [2.75, 3.05) is 11.9 Å². The average molecular weight is 343 g/mol. The van der Waals surface area contributed by atoms with Gasteiger partial charge in [-0.2, -0.15) is 0 Å². The number of carbonyl (C=O) groups is 3. The maximum Gasteiger partial charge on any atom is 0.338 e. The van der Waals surface area contributed by atoms with E-state index in [4.69, 9.17) is 4.74 Å². The zero-order valence-electron chi connectivity index (χ0n) is 13.8. The standard InChI is InChI=1S/C19H18FNO4/c1-2-25-19(24)14-5-9-16(10-6-14)21-18(23)12-11-17(22)13-3-7-15(20)8-4-13/h3-10H,2,11-12H2,1H3,(H,21,23). The third-order valence-electron chi connectivity index (χ3n) is 3.43. The molecular formula is C19H18FNO4. The van der Waals surface area contributed by atoms with Crippen molar-refractivity contribution in [3.63, 3.8) is 0 Å². The predicted octanol–water partition coefficient (Wildman–Crippen LogP) is 3.60. The Hall–Kier alpha value is -3.02. The van der Waals surface area contributed by atoms with Crippen LogP contribution in [0, 0.1) is 5.82 Å². The van der Waals surface area contributed by atoms with Crippen LogP contribution in [0.1, 0.15) is 40.5 Å². The Morgan fingerprint density at radius 1 is 0.920 bits per heavy atom. The van der Waals surface area contributed by atoms with Gasteiger partial charge in [0, 0.05) is 24.1 Å². The lowest BCUT2D eigenvalue weighted by molar-refractivity contribution is -0.116. The van der Waals surface area contributed by atoms with Crippen molar-refractivity contribution in [2.24, 2.45) is 0 Å². The van der Waals surface area contributed by atoms with Gasteiger partial charge < -0.3 is 10.1 Å². The van der Waals surface area contributed by atoms with Crippen molar-refractivity contribution in [1.82, 2.24) is 0 Å². The van der Waals surface area contributed by atoms with Gasteiger partial charge in [-0.15, -0.1) is 0 Å². The number of esters is 1. The largest absolute Gasteiger partial charge is 0.462 e. The van der Waals surface area contributed by atoms with Crippen LogP contribution in [0.5, 0.6) is 0 Å². The SMILES string of the molecule is CCOC(=O)c1ccc(NC(=O)CCC(=O)c2ccc(F)cc2)cc1. The minimum absolute atomic E-state index is 0.00976. The lowest BCUT2D eigenvalue weighted by Crippen LogP contribution is -2.13. The molecule has 0 aromatic heterocycles. The second kappa shape index (κ2) is 8.73. The highest BCUT2D eigenvalue weighted by Crippen LogP contribution is 2.12. The summed E-state index contributed by atoms with van der Waals surface area (Å²) in [5, 5.41) is 2.65. The van der Waals surface area contributed by atoms with Gasteiger partial charge >= 0.3 is 5.97 Å². The van der Waals surface area contributed by atoms with Crippen LogP contribution in [0.25, 0.3) is 0 Å². The number of ketones is 1. The van der Waals surface area contributed by atoms with E-state index >= 15 is 0 Å². The molecule has 2 aromatic rings. The summed E-state index contributed by atoms with van der Waals surface area (Å²) < 4.78 is 17.7. The van der Waals surface area contributed by atoms with E-state index < -0.39 is 11.8 Å². The molecule has 130 valence electrons. The molecule has 0 aliphatic rings. The zero-order valence-corrected chi connectivity index (χ0v) is 13.8. The highest BCUT2D eigenvalue weighted by Gasteiger charge is 2.11. The molecule has 0 unspecified atom stereocenters. The van der Waals surface area contributed by atoms with Gasteiger partial charge in [-0.25, -0.2) is 9.18 Å². The van der Waals surface area contributed by atoms with Crippen LogP contribution in [0.3, 0.4) is 0 Å². The summed E-state index contributed by atoms with van der Waals surface area (Å²) in [7, 11) is 0. The number of Topliss-reactive ketones (excluding diaryl/α,β-unsaturated/α-hetero) is 1. The Bertz CT molecular complexity index is 754. The Morgan fingerprint density at radius 3 is 2.12 bits per heavy atom. The summed E-state index contributed by atoms with van der Waals surface area (Å²) in [6.07, 6.45) is 0.0359. The van der Waals surface area contributed by atoms with Crippen molar-refractivity contribution in [3.8, 4) is 0 Å². The lowest BCUT2D eigenvalue weighted by Gasteiger charge is -2.06. The van der Waals surface area contributed by atoms with Crippen molar-refractivity contribution < 1.29 is 23.5 Å². The molecule has 0 aliphatic carbocycles. The minimum Gasteiger partial charge on any atom is -0.462 e.